The highest BCUT2D eigenvalue weighted by Gasteiger charge is 2.25. The van der Waals surface area contributed by atoms with E-state index in [2.05, 4.69) is 33.5 Å². The number of imidazole rings is 2. The predicted molar refractivity (Wildman–Crippen MR) is 260 cm³/mol. The maximum atomic E-state index is 13.9. The lowest BCUT2D eigenvalue weighted by molar-refractivity contribution is 0.0291. The van der Waals surface area contributed by atoms with Crippen LogP contribution in [-0.2, 0) is 35.7 Å². The lowest BCUT2D eigenvalue weighted by Gasteiger charge is -2.24. The fourth-order valence-corrected chi connectivity index (χ4v) is 7.19. The van der Waals surface area contributed by atoms with Crippen LogP contribution in [0.4, 0.5) is 16.7 Å². The van der Waals surface area contributed by atoms with E-state index in [4.69, 9.17) is 34.6 Å². The molecule has 0 bridgehead atoms. The summed E-state index contributed by atoms with van der Waals surface area (Å²) in [4.78, 5) is 76.3. The number of amides is 4. The first-order valence-corrected chi connectivity index (χ1v) is 22.6. The van der Waals surface area contributed by atoms with Gasteiger partial charge in [0, 0.05) is 45.3 Å². The number of anilines is 2. The molecule has 0 saturated heterocycles. The number of aryl methyl sites for hydroxylation is 4. The van der Waals surface area contributed by atoms with Crippen molar-refractivity contribution in [3.63, 3.8) is 0 Å². The standard InChI is InChI=1S/C45H56N12O9.CH4S/c1-11-56-32(20-26(3)51-56)39(59)49-42-48-31-23-29(41(61)64-10)25-34(63-9)36(31)54(42)17-13-14-18-55-37-30(47-43(55)50-40(60)33-21-27(4)52-57(33)12-2)22-28(38(46)58)24-35(37)65-19-15-16-53(8)44(62)66-45(5,6)7;1-2/h13-14,20-25H,11-12,15-19H2,1-10H3,(H2,46,58)(H,47,50,60)(H,48,49,59);2H,1H3/b14-13+;. The summed E-state index contributed by atoms with van der Waals surface area (Å²) in [6, 6.07) is 9.47. The number of hydrogen-bond acceptors (Lipinski definition) is 14. The molecule has 4 amide bonds. The Morgan fingerprint density at radius 1 is 0.765 bits per heavy atom. The van der Waals surface area contributed by atoms with Crippen molar-refractivity contribution in [2.75, 3.05) is 51.3 Å². The van der Waals surface area contributed by atoms with E-state index in [1.165, 1.54) is 37.3 Å². The zero-order valence-corrected chi connectivity index (χ0v) is 41.2. The first kappa shape index (κ1) is 51.6. The molecule has 0 spiro atoms. The molecule has 0 saturated carbocycles. The fourth-order valence-electron chi connectivity index (χ4n) is 7.19. The lowest BCUT2D eigenvalue weighted by Crippen LogP contribution is -2.35. The van der Waals surface area contributed by atoms with Gasteiger partial charge in [0.15, 0.2) is 0 Å². The molecular formula is C46H60N12O9S. The molecule has 4 aromatic heterocycles. The molecule has 6 rings (SSSR count). The number of nitrogens with one attached hydrogen (secondary N) is 2. The second kappa shape index (κ2) is 22.4. The molecule has 21 nitrogen and oxygen atoms in total. The number of aromatic nitrogens is 8. The Balaban J connectivity index is 0.00000426. The summed E-state index contributed by atoms with van der Waals surface area (Å²) in [6.07, 6.45) is 5.26. The summed E-state index contributed by atoms with van der Waals surface area (Å²) in [5.74, 6) is -1.36. The molecule has 4 N–H and O–H groups in total. The Labute approximate surface area is 399 Å². The molecule has 364 valence electrons. The van der Waals surface area contributed by atoms with Crippen molar-refractivity contribution >= 4 is 76.4 Å². The monoisotopic (exact) mass is 956 g/mol. The summed E-state index contributed by atoms with van der Waals surface area (Å²) in [5, 5.41) is 14.7. The summed E-state index contributed by atoms with van der Waals surface area (Å²) >= 11 is 3.53. The molecule has 0 aliphatic carbocycles. The number of rotatable bonds is 18. The van der Waals surface area contributed by atoms with Crippen LogP contribution in [-0.4, -0.2) is 120 Å². The van der Waals surface area contributed by atoms with Crippen molar-refractivity contribution in [3.05, 3.63) is 82.5 Å². The Kier molecular flexibility index (Phi) is 17.0. The number of allylic oxidation sites excluding steroid dienone is 2. The van der Waals surface area contributed by atoms with Crippen LogP contribution in [0.5, 0.6) is 11.5 Å². The van der Waals surface area contributed by atoms with Gasteiger partial charge in [0.1, 0.15) is 39.5 Å². The number of esters is 1. The molecule has 0 aliphatic rings. The summed E-state index contributed by atoms with van der Waals surface area (Å²) in [6.45, 7) is 14.3. The van der Waals surface area contributed by atoms with E-state index in [1.54, 1.807) is 84.6 Å². The first-order valence-electron chi connectivity index (χ1n) is 21.7. The third-order valence-electron chi connectivity index (χ3n) is 10.2. The predicted octanol–water partition coefficient (Wildman–Crippen LogP) is 6.27. The molecule has 2 aromatic carbocycles. The van der Waals surface area contributed by atoms with Crippen LogP contribution in [0, 0.1) is 13.8 Å². The molecule has 68 heavy (non-hydrogen) atoms. The topological polar surface area (TPSA) is 247 Å². The Hall–Kier alpha value is -7.36. The van der Waals surface area contributed by atoms with Gasteiger partial charge in [0.25, 0.3) is 11.8 Å². The van der Waals surface area contributed by atoms with Crippen LogP contribution in [0.2, 0.25) is 0 Å². The van der Waals surface area contributed by atoms with Gasteiger partial charge in [-0.2, -0.15) is 22.8 Å². The van der Waals surface area contributed by atoms with E-state index >= 15 is 0 Å². The lowest BCUT2D eigenvalue weighted by atomic mass is 10.1. The van der Waals surface area contributed by atoms with Gasteiger partial charge in [-0.3, -0.25) is 34.4 Å². The van der Waals surface area contributed by atoms with Crippen LogP contribution >= 0.6 is 12.6 Å². The highest BCUT2D eigenvalue weighted by molar-refractivity contribution is 7.79. The second-order valence-corrected chi connectivity index (χ2v) is 16.3. The Morgan fingerprint density at radius 3 is 1.71 bits per heavy atom. The number of ether oxygens (including phenoxy) is 4. The van der Waals surface area contributed by atoms with E-state index in [-0.39, 0.29) is 48.5 Å². The van der Waals surface area contributed by atoms with Crippen molar-refractivity contribution in [1.29, 1.82) is 0 Å². The van der Waals surface area contributed by atoms with Gasteiger partial charge in [-0.1, -0.05) is 12.2 Å². The average molecular weight is 957 g/mol. The van der Waals surface area contributed by atoms with Crippen molar-refractivity contribution in [1.82, 2.24) is 43.6 Å². The van der Waals surface area contributed by atoms with Gasteiger partial charge >= 0.3 is 12.1 Å². The molecule has 0 radical (unpaired) electrons. The van der Waals surface area contributed by atoms with Gasteiger partial charge in [0.2, 0.25) is 17.8 Å². The number of thiol groups is 1. The van der Waals surface area contributed by atoms with E-state index in [1.807, 2.05) is 26.0 Å². The van der Waals surface area contributed by atoms with Gasteiger partial charge in [-0.25, -0.2) is 19.6 Å². The minimum Gasteiger partial charge on any atom is -0.494 e. The second-order valence-electron chi connectivity index (χ2n) is 16.3. The molecule has 0 fully saturated rings. The Morgan fingerprint density at radius 2 is 1.25 bits per heavy atom. The van der Waals surface area contributed by atoms with Crippen molar-refractivity contribution in [3.8, 4) is 11.5 Å². The molecule has 6 aromatic rings. The van der Waals surface area contributed by atoms with Crippen LogP contribution in [0.25, 0.3) is 22.1 Å². The van der Waals surface area contributed by atoms with Gasteiger partial charge < -0.3 is 38.7 Å². The average Bonchev–Trinajstić information content (AvgIpc) is 4.07. The minimum atomic E-state index is -0.715. The summed E-state index contributed by atoms with van der Waals surface area (Å²) < 4.78 is 29.1. The number of nitrogens with zero attached hydrogens (tertiary/aromatic N) is 9. The maximum Gasteiger partial charge on any atom is 0.410 e. The number of hydrogen-bond donors (Lipinski definition) is 4. The van der Waals surface area contributed by atoms with Crippen LogP contribution in [0.1, 0.15) is 94.1 Å². The third kappa shape index (κ3) is 12.0. The number of nitrogens with two attached hydrogens (primary N) is 1. The van der Waals surface area contributed by atoms with E-state index < -0.39 is 35.4 Å². The molecule has 0 aliphatic heterocycles. The van der Waals surface area contributed by atoms with Gasteiger partial charge in [-0.05, 0) is 97.5 Å². The molecule has 0 atom stereocenters. The highest BCUT2D eigenvalue weighted by atomic mass is 32.1. The smallest absolute Gasteiger partial charge is 0.410 e. The molecular weight excluding hydrogens is 897 g/mol. The zero-order valence-electron chi connectivity index (χ0n) is 40.3. The largest absolute Gasteiger partial charge is 0.494 e. The molecule has 0 unspecified atom stereocenters. The Bertz CT molecular complexity index is 2850. The van der Waals surface area contributed by atoms with E-state index in [0.717, 1.165) is 0 Å². The molecule has 22 heteroatoms. The summed E-state index contributed by atoms with van der Waals surface area (Å²) in [7, 11) is 4.36. The van der Waals surface area contributed by atoms with Crippen LogP contribution in [0.3, 0.4) is 0 Å². The SMILES string of the molecule is CCn1nc(C)cc1C(=O)Nc1nc2cc(C(=O)OC)cc(OC)c2n1C/C=C/Cn1c(NC(=O)c2cc(C)nn2CC)nc2cc(C(N)=O)cc(OCCCN(C)C(=O)OC(C)(C)C)c21.CS. The van der Waals surface area contributed by atoms with Crippen LogP contribution in [0.15, 0.2) is 48.6 Å². The van der Waals surface area contributed by atoms with Crippen molar-refractivity contribution < 1.29 is 42.9 Å². The summed E-state index contributed by atoms with van der Waals surface area (Å²) in [5.41, 5.74) is 9.01. The third-order valence-corrected chi connectivity index (χ3v) is 10.2. The van der Waals surface area contributed by atoms with Gasteiger partial charge in [-0.15, -0.1) is 0 Å². The number of carbonyl (C=O) groups excluding carboxylic acids is 5. The van der Waals surface area contributed by atoms with Crippen molar-refractivity contribution in [2.45, 2.75) is 86.7 Å². The van der Waals surface area contributed by atoms with E-state index in [9.17, 15) is 24.0 Å². The highest BCUT2D eigenvalue weighted by Crippen LogP contribution is 2.33. The van der Waals surface area contributed by atoms with E-state index in [0.29, 0.717) is 76.6 Å². The first-order chi connectivity index (χ1) is 32.4. The zero-order chi connectivity index (χ0) is 50.0. The number of benzene rings is 2. The maximum absolute atomic E-state index is 13.9. The van der Waals surface area contributed by atoms with Crippen molar-refractivity contribution in [2.24, 2.45) is 5.73 Å². The number of fused-ring (bicyclic) bond motifs is 2. The fraction of sp³-hybridized carbons (Fsp3) is 0.413. The van der Waals surface area contributed by atoms with Crippen LogP contribution < -0.4 is 25.8 Å². The minimum absolute atomic E-state index is 0.110. The number of primary amides is 1. The number of methoxy groups -OCH3 is 2. The number of carbonyl (C=O) groups is 5. The molecule has 4 heterocycles. The quantitative estimate of drug-likeness (QED) is 0.0321. The normalized spacial score (nSPS) is 11.4. The van der Waals surface area contributed by atoms with Gasteiger partial charge in [0.05, 0.1) is 48.8 Å².